The van der Waals surface area contributed by atoms with Crippen LogP contribution in [0.15, 0.2) is 24.3 Å². The first-order chi connectivity index (χ1) is 9.19. The summed E-state index contributed by atoms with van der Waals surface area (Å²) in [6, 6.07) is 7.47. The lowest BCUT2D eigenvalue weighted by Crippen LogP contribution is -2.39. The molecule has 0 saturated heterocycles. The SMILES string of the molecule is CCSC1CCCC(NC(=O)c2cccc(N)c2)C1.Cl. The molecule has 3 nitrogen and oxygen atoms in total. The van der Waals surface area contributed by atoms with E-state index in [0.717, 1.165) is 18.6 Å². The third-order valence-corrected chi connectivity index (χ3v) is 4.75. The number of carbonyl (C=O) groups excluding carboxylic acids is 1. The van der Waals surface area contributed by atoms with E-state index < -0.39 is 0 Å². The van der Waals surface area contributed by atoms with E-state index in [1.165, 1.54) is 12.8 Å². The van der Waals surface area contributed by atoms with E-state index in [0.29, 0.717) is 22.5 Å². The Morgan fingerprint density at radius 2 is 2.25 bits per heavy atom. The molecule has 0 bridgehead atoms. The van der Waals surface area contributed by atoms with Crippen LogP contribution >= 0.6 is 24.2 Å². The van der Waals surface area contributed by atoms with E-state index in [4.69, 9.17) is 5.73 Å². The van der Waals surface area contributed by atoms with E-state index >= 15 is 0 Å². The fraction of sp³-hybridized carbons (Fsp3) is 0.533. The summed E-state index contributed by atoms with van der Waals surface area (Å²) in [4.78, 5) is 12.2. The van der Waals surface area contributed by atoms with E-state index in [1.807, 2.05) is 23.9 Å². The van der Waals surface area contributed by atoms with Crippen LogP contribution in [0.1, 0.15) is 43.0 Å². The molecule has 1 aromatic carbocycles. The van der Waals surface area contributed by atoms with Gasteiger partial charge in [0.25, 0.3) is 5.91 Å². The largest absolute Gasteiger partial charge is 0.399 e. The number of halogens is 1. The Labute approximate surface area is 131 Å². The second kappa shape index (κ2) is 8.42. The van der Waals surface area contributed by atoms with E-state index in [9.17, 15) is 4.79 Å². The van der Waals surface area contributed by atoms with Gasteiger partial charge in [0.2, 0.25) is 0 Å². The van der Waals surface area contributed by atoms with Crippen molar-refractivity contribution < 1.29 is 4.79 Å². The van der Waals surface area contributed by atoms with Gasteiger partial charge in [-0.3, -0.25) is 4.79 Å². The molecule has 1 aliphatic carbocycles. The topological polar surface area (TPSA) is 55.1 Å². The third kappa shape index (κ3) is 4.91. The van der Waals surface area contributed by atoms with Crippen LogP contribution in [0.25, 0.3) is 0 Å². The van der Waals surface area contributed by atoms with Gasteiger partial charge in [-0.25, -0.2) is 0 Å². The number of nitrogen functional groups attached to an aromatic ring is 1. The summed E-state index contributed by atoms with van der Waals surface area (Å²) >= 11 is 2.01. The first kappa shape index (κ1) is 17.2. The van der Waals surface area contributed by atoms with Gasteiger partial charge in [0.15, 0.2) is 0 Å². The molecule has 2 unspecified atom stereocenters. The van der Waals surface area contributed by atoms with Gasteiger partial charge in [0, 0.05) is 22.5 Å². The van der Waals surface area contributed by atoms with Gasteiger partial charge < -0.3 is 11.1 Å². The normalized spacial score (nSPS) is 21.9. The van der Waals surface area contributed by atoms with Crippen LogP contribution in [0, 0.1) is 0 Å². The van der Waals surface area contributed by atoms with Gasteiger partial charge in [-0.1, -0.05) is 19.4 Å². The summed E-state index contributed by atoms with van der Waals surface area (Å²) in [6.07, 6.45) is 4.67. The summed E-state index contributed by atoms with van der Waals surface area (Å²) < 4.78 is 0. The average molecular weight is 315 g/mol. The van der Waals surface area contributed by atoms with Crippen molar-refractivity contribution in [3.63, 3.8) is 0 Å². The minimum Gasteiger partial charge on any atom is -0.399 e. The Morgan fingerprint density at radius 3 is 2.95 bits per heavy atom. The summed E-state index contributed by atoms with van der Waals surface area (Å²) in [7, 11) is 0. The Morgan fingerprint density at radius 1 is 1.45 bits per heavy atom. The first-order valence-electron chi connectivity index (χ1n) is 6.97. The van der Waals surface area contributed by atoms with Crippen LogP contribution in [-0.2, 0) is 0 Å². The van der Waals surface area contributed by atoms with E-state index in [2.05, 4.69) is 12.2 Å². The zero-order valence-corrected chi connectivity index (χ0v) is 13.4. The van der Waals surface area contributed by atoms with Gasteiger partial charge in [-0.05, 0) is 43.2 Å². The van der Waals surface area contributed by atoms with Crippen LogP contribution < -0.4 is 11.1 Å². The highest BCUT2D eigenvalue weighted by atomic mass is 35.5. The summed E-state index contributed by atoms with van der Waals surface area (Å²) in [5.74, 6) is 1.15. The van der Waals surface area contributed by atoms with Crippen LogP contribution in [0.5, 0.6) is 0 Å². The van der Waals surface area contributed by atoms with Gasteiger partial charge in [-0.15, -0.1) is 12.4 Å². The van der Waals surface area contributed by atoms with Crippen LogP contribution in [0.4, 0.5) is 5.69 Å². The fourth-order valence-corrected chi connectivity index (χ4v) is 3.78. The minimum absolute atomic E-state index is 0. The molecule has 3 N–H and O–H groups in total. The molecule has 20 heavy (non-hydrogen) atoms. The maximum absolute atomic E-state index is 12.2. The molecular weight excluding hydrogens is 292 g/mol. The number of nitrogens with one attached hydrogen (secondary N) is 1. The number of amides is 1. The molecule has 0 spiro atoms. The number of hydrogen-bond donors (Lipinski definition) is 2. The monoisotopic (exact) mass is 314 g/mol. The van der Waals surface area contributed by atoms with Crippen molar-refractivity contribution in [2.24, 2.45) is 0 Å². The number of benzene rings is 1. The smallest absolute Gasteiger partial charge is 0.251 e. The van der Waals surface area contributed by atoms with Crippen molar-refractivity contribution in [1.82, 2.24) is 5.32 Å². The van der Waals surface area contributed by atoms with Crippen LogP contribution in [-0.4, -0.2) is 23.0 Å². The number of rotatable bonds is 4. The molecule has 0 heterocycles. The van der Waals surface area contributed by atoms with Crippen molar-refractivity contribution in [2.75, 3.05) is 11.5 Å². The van der Waals surface area contributed by atoms with Crippen LogP contribution in [0.2, 0.25) is 0 Å². The highest BCUT2D eigenvalue weighted by molar-refractivity contribution is 7.99. The van der Waals surface area contributed by atoms with Crippen molar-refractivity contribution in [1.29, 1.82) is 0 Å². The zero-order chi connectivity index (χ0) is 13.7. The summed E-state index contributed by atoms with van der Waals surface area (Å²) in [6.45, 7) is 2.19. The van der Waals surface area contributed by atoms with Gasteiger partial charge >= 0.3 is 0 Å². The molecule has 112 valence electrons. The second-order valence-corrected chi connectivity index (χ2v) is 6.62. The second-order valence-electron chi connectivity index (χ2n) is 5.04. The van der Waals surface area contributed by atoms with Crippen molar-refractivity contribution >= 4 is 35.8 Å². The average Bonchev–Trinajstić information content (AvgIpc) is 2.39. The van der Waals surface area contributed by atoms with Gasteiger partial charge in [-0.2, -0.15) is 11.8 Å². The van der Waals surface area contributed by atoms with Crippen molar-refractivity contribution in [3.05, 3.63) is 29.8 Å². The minimum atomic E-state index is -0.000511. The number of hydrogen-bond acceptors (Lipinski definition) is 3. The van der Waals surface area contributed by atoms with Gasteiger partial charge in [0.05, 0.1) is 0 Å². The molecule has 2 atom stereocenters. The summed E-state index contributed by atoms with van der Waals surface area (Å²) in [5.41, 5.74) is 7.00. The Kier molecular flexibility index (Phi) is 7.24. The molecule has 0 aromatic heterocycles. The predicted molar refractivity (Wildman–Crippen MR) is 89.7 cm³/mol. The van der Waals surface area contributed by atoms with Gasteiger partial charge in [0.1, 0.15) is 0 Å². The van der Waals surface area contributed by atoms with E-state index in [-0.39, 0.29) is 18.3 Å². The van der Waals surface area contributed by atoms with Crippen LogP contribution in [0.3, 0.4) is 0 Å². The lowest BCUT2D eigenvalue weighted by molar-refractivity contribution is 0.0928. The molecule has 1 aliphatic rings. The molecule has 5 heteroatoms. The standard InChI is InChI=1S/C15H22N2OS.ClH/c1-2-19-14-8-4-7-13(10-14)17-15(18)11-5-3-6-12(16)9-11;/h3,5-6,9,13-14H,2,4,7-8,10,16H2,1H3,(H,17,18);1H. The molecular formula is C15H23ClN2OS. The molecule has 0 radical (unpaired) electrons. The number of anilines is 1. The molecule has 1 aromatic rings. The summed E-state index contributed by atoms with van der Waals surface area (Å²) in [5, 5.41) is 3.84. The number of nitrogens with two attached hydrogens (primary N) is 1. The first-order valence-corrected chi connectivity index (χ1v) is 8.02. The fourth-order valence-electron chi connectivity index (χ4n) is 2.61. The molecule has 1 amide bonds. The Balaban J connectivity index is 0.00000200. The predicted octanol–water partition coefficient (Wildman–Crippen LogP) is 3.48. The maximum Gasteiger partial charge on any atom is 0.251 e. The number of carbonyl (C=O) groups is 1. The van der Waals surface area contributed by atoms with E-state index in [1.54, 1.807) is 12.1 Å². The Hall–Kier alpha value is -0.870. The zero-order valence-electron chi connectivity index (χ0n) is 11.8. The highest BCUT2D eigenvalue weighted by Crippen LogP contribution is 2.28. The molecule has 1 fully saturated rings. The lowest BCUT2D eigenvalue weighted by Gasteiger charge is -2.29. The molecule has 2 rings (SSSR count). The lowest BCUT2D eigenvalue weighted by atomic mass is 9.94. The maximum atomic E-state index is 12.2. The van der Waals surface area contributed by atoms with Crippen molar-refractivity contribution in [3.8, 4) is 0 Å². The Bertz CT molecular complexity index is 440. The van der Waals surface area contributed by atoms with Crippen molar-refractivity contribution in [2.45, 2.75) is 43.9 Å². The molecule has 1 saturated carbocycles. The quantitative estimate of drug-likeness (QED) is 0.837. The molecule has 0 aliphatic heterocycles. The number of thioether (sulfide) groups is 1. The third-order valence-electron chi connectivity index (χ3n) is 3.51. The highest BCUT2D eigenvalue weighted by Gasteiger charge is 2.23.